The van der Waals surface area contributed by atoms with E-state index in [9.17, 15) is 4.79 Å². The summed E-state index contributed by atoms with van der Waals surface area (Å²) < 4.78 is 10.5. The molecule has 5 nitrogen and oxygen atoms in total. The Hall–Kier alpha value is -1.30. The van der Waals surface area contributed by atoms with Gasteiger partial charge in [-0.15, -0.1) is 0 Å². The van der Waals surface area contributed by atoms with Crippen LogP contribution in [-0.4, -0.2) is 55.9 Å². The molecule has 0 aliphatic heterocycles. The van der Waals surface area contributed by atoms with Crippen LogP contribution >= 0.6 is 11.6 Å². The second-order valence-corrected chi connectivity index (χ2v) is 4.76. The normalized spacial score (nSPS) is 10.8. The molecule has 20 heavy (non-hydrogen) atoms. The molecule has 0 aliphatic rings. The number of rotatable bonds is 10. The first-order valence-corrected chi connectivity index (χ1v) is 6.81. The lowest BCUT2D eigenvalue weighted by atomic mass is 10.3. The van der Waals surface area contributed by atoms with Crippen LogP contribution in [0.25, 0.3) is 0 Å². The van der Waals surface area contributed by atoms with Crippen molar-refractivity contribution in [1.82, 2.24) is 4.90 Å². The van der Waals surface area contributed by atoms with Crippen molar-refractivity contribution >= 4 is 17.6 Å². The Morgan fingerprint density at radius 3 is 2.55 bits per heavy atom. The molecule has 1 N–H and O–H groups in total. The molecule has 0 aliphatic carbocycles. The van der Waals surface area contributed by atoms with Crippen LogP contribution in [0.15, 0.2) is 24.3 Å². The second kappa shape index (κ2) is 9.58. The molecular formula is C14H20ClNO4. The van der Waals surface area contributed by atoms with Crippen LogP contribution in [0.1, 0.15) is 6.42 Å². The van der Waals surface area contributed by atoms with Gasteiger partial charge >= 0.3 is 5.97 Å². The molecule has 1 aromatic rings. The quantitative estimate of drug-likeness (QED) is 0.671. The molecule has 0 bridgehead atoms. The summed E-state index contributed by atoms with van der Waals surface area (Å²) in [4.78, 5) is 12.6. The molecule has 0 fully saturated rings. The van der Waals surface area contributed by atoms with Gasteiger partial charge in [-0.2, -0.15) is 0 Å². The molecule has 0 atom stereocenters. The van der Waals surface area contributed by atoms with Gasteiger partial charge in [0.1, 0.15) is 5.75 Å². The van der Waals surface area contributed by atoms with Crippen LogP contribution in [0.2, 0.25) is 5.02 Å². The minimum atomic E-state index is -0.834. The molecule has 0 spiro atoms. The summed E-state index contributed by atoms with van der Waals surface area (Å²) in [6.45, 7) is 2.33. The van der Waals surface area contributed by atoms with E-state index in [0.29, 0.717) is 31.3 Å². The minimum Gasteiger partial charge on any atom is -0.494 e. The molecular weight excluding hydrogens is 282 g/mol. The van der Waals surface area contributed by atoms with Crippen LogP contribution in [0.5, 0.6) is 5.75 Å². The average Bonchev–Trinajstić information content (AvgIpc) is 2.42. The zero-order valence-electron chi connectivity index (χ0n) is 11.5. The number of hydrogen-bond acceptors (Lipinski definition) is 4. The Labute approximate surface area is 124 Å². The minimum absolute atomic E-state index is 0.0182. The second-order valence-electron chi connectivity index (χ2n) is 4.32. The number of carbonyl (C=O) groups is 1. The van der Waals surface area contributed by atoms with E-state index in [4.69, 9.17) is 26.2 Å². The first-order valence-electron chi connectivity index (χ1n) is 6.43. The summed E-state index contributed by atoms with van der Waals surface area (Å²) in [5.41, 5.74) is 0. The lowest BCUT2D eigenvalue weighted by molar-refractivity contribution is -0.138. The van der Waals surface area contributed by atoms with E-state index < -0.39 is 5.97 Å². The maximum atomic E-state index is 10.7. The zero-order valence-corrected chi connectivity index (χ0v) is 12.3. The van der Waals surface area contributed by atoms with Crippen LogP contribution in [0, 0.1) is 0 Å². The van der Waals surface area contributed by atoms with Crippen molar-refractivity contribution in [2.24, 2.45) is 0 Å². The van der Waals surface area contributed by atoms with E-state index in [-0.39, 0.29) is 6.54 Å². The molecule has 0 heterocycles. The molecule has 1 rings (SSSR count). The lowest BCUT2D eigenvalue weighted by Gasteiger charge is -2.19. The third-order valence-electron chi connectivity index (χ3n) is 2.67. The van der Waals surface area contributed by atoms with Crippen molar-refractivity contribution in [2.75, 3.05) is 40.0 Å². The summed E-state index contributed by atoms with van der Waals surface area (Å²) >= 11 is 5.78. The van der Waals surface area contributed by atoms with Gasteiger partial charge < -0.3 is 14.6 Å². The lowest BCUT2D eigenvalue weighted by Crippen LogP contribution is -2.34. The zero-order chi connectivity index (χ0) is 14.8. The molecule has 6 heteroatoms. The summed E-state index contributed by atoms with van der Waals surface area (Å²) in [5.74, 6) is -0.0733. The Balaban J connectivity index is 2.25. The number of nitrogens with zero attached hydrogens (tertiary/aromatic N) is 1. The molecule has 0 saturated heterocycles. The monoisotopic (exact) mass is 301 g/mol. The van der Waals surface area contributed by atoms with Crippen LogP contribution in [0.3, 0.4) is 0 Å². The number of benzene rings is 1. The van der Waals surface area contributed by atoms with E-state index in [1.165, 1.54) is 0 Å². The number of hydrogen-bond donors (Lipinski definition) is 1. The maximum absolute atomic E-state index is 10.7. The highest BCUT2D eigenvalue weighted by molar-refractivity contribution is 6.30. The van der Waals surface area contributed by atoms with Gasteiger partial charge in [0.25, 0.3) is 0 Å². The first kappa shape index (κ1) is 16.8. The van der Waals surface area contributed by atoms with Crippen LogP contribution in [-0.2, 0) is 9.53 Å². The fourth-order valence-electron chi connectivity index (χ4n) is 1.69. The summed E-state index contributed by atoms with van der Waals surface area (Å²) in [6, 6.07) is 7.16. The molecule has 0 unspecified atom stereocenters. The average molecular weight is 302 g/mol. The van der Waals surface area contributed by atoms with Gasteiger partial charge in [0, 0.05) is 25.2 Å². The van der Waals surface area contributed by atoms with Gasteiger partial charge in [0.05, 0.1) is 19.8 Å². The van der Waals surface area contributed by atoms with Crippen molar-refractivity contribution in [3.63, 3.8) is 0 Å². The number of carboxylic acids is 1. The van der Waals surface area contributed by atoms with Gasteiger partial charge in [0.2, 0.25) is 0 Å². The Kier molecular flexibility index (Phi) is 8.02. The van der Waals surface area contributed by atoms with E-state index in [1.807, 2.05) is 17.0 Å². The van der Waals surface area contributed by atoms with Crippen molar-refractivity contribution in [3.05, 3.63) is 29.3 Å². The van der Waals surface area contributed by atoms with Crippen LogP contribution in [0.4, 0.5) is 0 Å². The predicted octanol–water partition coefficient (Wildman–Crippen LogP) is 2.14. The fraction of sp³-hybridized carbons (Fsp3) is 0.500. The van der Waals surface area contributed by atoms with Gasteiger partial charge in [-0.1, -0.05) is 11.6 Å². The van der Waals surface area contributed by atoms with Crippen molar-refractivity contribution < 1.29 is 19.4 Å². The fourth-order valence-corrected chi connectivity index (χ4v) is 1.82. The van der Waals surface area contributed by atoms with E-state index in [2.05, 4.69) is 0 Å². The highest BCUT2D eigenvalue weighted by Crippen LogP contribution is 2.15. The van der Waals surface area contributed by atoms with E-state index in [0.717, 1.165) is 12.2 Å². The van der Waals surface area contributed by atoms with Crippen molar-refractivity contribution in [3.8, 4) is 5.75 Å². The van der Waals surface area contributed by atoms with Crippen molar-refractivity contribution in [2.45, 2.75) is 6.42 Å². The first-order chi connectivity index (χ1) is 9.61. The molecule has 0 aromatic heterocycles. The highest BCUT2D eigenvalue weighted by atomic mass is 35.5. The Morgan fingerprint density at radius 2 is 1.95 bits per heavy atom. The maximum Gasteiger partial charge on any atom is 0.317 e. The van der Waals surface area contributed by atoms with Crippen LogP contribution < -0.4 is 4.74 Å². The summed E-state index contributed by atoms with van der Waals surface area (Å²) in [7, 11) is 1.60. The van der Waals surface area contributed by atoms with Gasteiger partial charge in [0.15, 0.2) is 0 Å². The summed E-state index contributed by atoms with van der Waals surface area (Å²) in [6.07, 6.45) is 0.750. The molecule has 0 amide bonds. The molecule has 112 valence electrons. The van der Waals surface area contributed by atoms with Gasteiger partial charge in [-0.3, -0.25) is 9.69 Å². The molecule has 1 aromatic carbocycles. The predicted molar refractivity (Wildman–Crippen MR) is 77.5 cm³/mol. The third-order valence-corrected chi connectivity index (χ3v) is 2.92. The number of aliphatic carboxylic acids is 1. The highest BCUT2D eigenvalue weighted by Gasteiger charge is 2.08. The molecule has 0 radical (unpaired) electrons. The Morgan fingerprint density at radius 1 is 1.25 bits per heavy atom. The van der Waals surface area contributed by atoms with E-state index in [1.54, 1.807) is 19.2 Å². The Bertz CT molecular complexity index is 397. The number of halogens is 1. The smallest absolute Gasteiger partial charge is 0.317 e. The topological polar surface area (TPSA) is 59.0 Å². The molecule has 0 saturated carbocycles. The SMILES string of the molecule is COCCN(CCCOc1ccc(Cl)cc1)CC(=O)O. The summed E-state index contributed by atoms with van der Waals surface area (Å²) in [5, 5.41) is 9.49. The van der Waals surface area contributed by atoms with Gasteiger partial charge in [-0.25, -0.2) is 0 Å². The van der Waals surface area contributed by atoms with Gasteiger partial charge in [-0.05, 0) is 30.7 Å². The van der Waals surface area contributed by atoms with E-state index >= 15 is 0 Å². The standard InChI is InChI=1S/C14H20ClNO4/c1-19-10-8-16(11-14(17)18)7-2-9-20-13-5-3-12(15)4-6-13/h3-6H,2,7-11H2,1H3,(H,17,18). The van der Waals surface area contributed by atoms with Crippen molar-refractivity contribution in [1.29, 1.82) is 0 Å². The number of ether oxygens (including phenoxy) is 2. The largest absolute Gasteiger partial charge is 0.494 e. The number of methoxy groups -OCH3 is 1. The third kappa shape index (κ3) is 7.33. The number of carboxylic acid groups (broad SMARTS) is 1.